The zero-order chi connectivity index (χ0) is 17.4. The minimum atomic E-state index is -0.0496. The van der Waals surface area contributed by atoms with Gasteiger partial charge in [0.25, 0.3) is 5.56 Å². The van der Waals surface area contributed by atoms with Crippen molar-refractivity contribution in [2.75, 3.05) is 0 Å². The minimum Gasteiger partial charge on any atom is -0.267 e. The van der Waals surface area contributed by atoms with Crippen molar-refractivity contribution in [3.63, 3.8) is 0 Å². The Bertz CT molecular complexity index is 1020. The Balaban J connectivity index is 1.86. The average molecular weight is 372 g/mol. The molecule has 6 heteroatoms. The molecular weight excluding hydrogens is 354 g/mol. The molecule has 1 aromatic carbocycles. The second-order valence-corrected chi connectivity index (χ2v) is 7.71. The van der Waals surface area contributed by atoms with E-state index in [9.17, 15) is 4.79 Å². The lowest BCUT2D eigenvalue weighted by Gasteiger charge is -2.10. The van der Waals surface area contributed by atoms with Gasteiger partial charge >= 0.3 is 0 Å². The van der Waals surface area contributed by atoms with E-state index in [-0.39, 0.29) is 5.56 Å². The molecule has 0 N–H and O–H groups in total. The van der Waals surface area contributed by atoms with E-state index >= 15 is 0 Å². The molecule has 0 aliphatic heterocycles. The summed E-state index contributed by atoms with van der Waals surface area (Å²) in [5.41, 5.74) is 2.04. The van der Waals surface area contributed by atoms with Crippen LogP contribution in [-0.2, 0) is 19.3 Å². The maximum absolute atomic E-state index is 13.1. The van der Waals surface area contributed by atoms with Crippen LogP contribution in [0.3, 0.4) is 0 Å². The predicted octanol–water partition coefficient (Wildman–Crippen LogP) is 4.43. The molecule has 0 unspecified atom stereocenters. The number of hydrogen-bond donors (Lipinski definition) is 0. The molecule has 0 radical (unpaired) electrons. The van der Waals surface area contributed by atoms with Gasteiger partial charge < -0.3 is 0 Å². The molecule has 0 atom stereocenters. The van der Waals surface area contributed by atoms with Crippen molar-refractivity contribution in [2.45, 2.75) is 39.0 Å². The highest BCUT2D eigenvalue weighted by atomic mass is 35.5. The quantitative estimate of drug-likeness (QED) is 0.639. The first-order valence-corrected chi connectivity index (χ1v) is 9.73. The molecule has 0 saturated carbocycles. The van der Waals surface area contributed by atoms with Gasteiger partial charge in [-0.1, -0.05) is 30.7 Å². The van der Waals surface area contributed by atoms with E-state index in [2.05, 4.69) is 5.10 Å². The van der Waals surface area contributed by atoms with Gasteiger partial charge in [0.15, 0.2) is 0 Å². The van der Waals surface area contributed by atoms with Gasteiger partial charge in [-0.3, -0.25) is 4.79 Å². The maximum Gasteiger partial charge on any atom is 0.283 e. The molecule has 25 heavy (non-hydrogen) atoms. The van der Waals surface area contributed by atoms with Crippen molar-refractivity contribution in [2.24, 2.45) is 5.10 Å². The topological polar surface area (TPSA) is 47.2 Å². The van der Waals surface area contributed by atoms with Gasteiger partial charge in [-0.05, 0) is 48.9 Å². The molecule has 4 rings (SSSR count). The molecule has 0 saturated heterocycles. The molecule has 1 aliphatic rings. The zero-order valence-electron chi connectivity index (χ0n) is 14.0. The molecule has 2 heterocycles. The summed E-state index contributed by atoms with van der Waals surface area (Å²) in [6.07, 6.45) is 6.71. The lowest BCUT2D eigenvalue weighted by molar-refractivity contribution is 0.696. The number of aryl methyl sites for hydroxylation is 3. The van der Waals surface area contributed by atoms with Crippen molar-refractivity contribution < 1.29 is 0 Å². The van der Waals surface area contributed by atoms with Crippen LogP contribution in [0, 0.1) is 0 Å². The standard InChI is InChI=1S/C19H18ClN3OS/c1-2-16-22-18-17(14-5-3-4-6-15(14)25-18)19(24)23(16)21-11-12-7-9-13(20)10-8-12/h7-11H,2-6H2,1H3. The number of fused-ring (bicyclic) bond motifs is 3. The van der Waals surface area contributed by atoms with E-state index in [0.717, 1.165) is 35.0 Å². The van der Waals surface area contributed by atoms with Crippen LogP contribution in [-0.4, -0.2) is 15.9 Å². The third-order valence-corrected chi connectivity index (χ3v) is 5.98. The Hall–Kier alpha value is -1.98. The number of aromatic nitrogens is 2. The van der Waals surface area contributed by atoms with Crippen molar-refractivity contribution in [1.29, 1.82) is 0 Å². The Morgan fingerprint density at radius 3 is 2.80 bits per heavy atom. The molecular formula is C19H18ClN3OS. The van der Waals surface area contributed by atoms with Gasteiger partial charge in [-0.25, -0.2) is 4.98 Å². The summed E-state index contributed by atoms with van der Waals surface area (Å²) in [5.74, 6) is 0.696. The summed E-state index contributed by atoms with van der Waals surface area (Å²) in [5, 5.41) is 5.88. The summed E-state index contributed by atoms with van der Waals surface area (Å²) < 4.78 is 1.46. The van der Waals surface area contributed by atoms with Crippen LogP contribution in [0.5, 0.6) is 0 Å². The summed E-state index contributed by atoms with van der Waals surface area (Å²) in [7, 11) is 0. The van der Waals surface area contributed by atoms with Crippen LogP contribution in [0.1, 0.15) is 41.6 Å². The van der Waals surface area contributed by atoms with Crippen LogP contribution in [0.2, 0.25) is 5.02 Å². The second kappa shape index (κ2) is 6.73. The van der Waals surface area contributed by atoms with E-state index in [1.54, 1.807) is 17.6 Å². The molecule has 0 bridgehead atoms. The van der Waals surface area contributed by atoms with Crippen molar-refractivity contribution in [1.82, 2.24) is 9.66 Å². The normalized spacial score (nSPS) is 14.3. The van der Waals surface area contributed by atoms with Crippen LogP contribution in [0.15, 0.2) is 34.2 Å². The van der Waals surface area contributed by atoms with E-state index < -0.39 is 0 Å². The predicted molar refractivity (Wildman–Crippen MR) is 104 cm³/mol. The molecule has 3 aromatic rings. The van der Waals surface area contributed by atoms with Gasteiger partial charge in [-0.2, -0.15) is 9.78 Å². The van der Waals surface area contributed by atoms with Crippen molar-refractivity contribution in [3.05, 3.63) is 61.5 Å². The highest BCUT2D eigenvalue weighted by Crippen LogP contribution is 2.33. The number of hydrogen-bond acceptors (Lipinski definition) is 4. The number of benzene rings is 1. The molecule has 4 nitrogen and oxygen atoms in total. The fraction of sp³-hybridized carbons (Fsp3) is 0.316. The van der Waals surface area contributed by atoms with E-state index in [1.807, 2.05) is 31.2 Å². The molecule has 128 valence electrons. The first-order chi connectivity index (χ1) is 12.2. The van der Waals surface area contributed by atoms with Crippen molar-refractivity contribution in [3.8, 4) is 0 Å². The summed E-state index contributed by atoms with van der Waals surface area (Å²) >= 11 is 7.59. The summed E-state index contributed by atoms with van der Waals surface area (Å²) in [6.45, 7) is 2.00. The van der Waals surface area contributed by atoms with E-state index in [1.165, 1.54) is 21.5 Å². The molecule has 2 aromatic heterocycles. The highest BCUT2D eigenvalue weighted by Gasteiger charge is 2.21. The largest absolute Gasteiger partial charge is 0.283 e. The lowest BCUT2D eigenvalue weighted by Crippen LogP contribution is -2.22. The smallest absolute Gasteiger partial charge is 0.267 e. The SMILES string of the molecule is CCc1nc2sc3c(c2c(=O)n1N=Cc1ccc(Cl)cc1)CCCC3. The maximum atomic E-state index is 13.1. The summed E-state index contributed by atoms with van der Waals surface area (Å²) in [4.78, 5) is 20.0. The Labute approximate surface area is 154 Å². The number of rotatable bonds is 3. The van der Waals surface area contributed by atoms with Gasteiger partial charge in [0, 0.05) is 16.3 Å². The van der Waals surface area contributed by atoms with Crippen LogP contribution in [0.4, 0.5) is 0 Å². The van der Waals surface area contributed by atoms with Crippen LogP contribution in [0.25, 0.3) is 10.2 Å². The second-order valence-electron chi connectivity index (χ2n) is 6.19. The van der Waals surface area contributed by atoms with Gasteiger partial charge in [0.1, 0.15) is 10.7 Å². The Kier molecular flexibility index (Phi) is 4.44. The van der Waals surface area contributed by atoms with Gasteiger partial charge in [0.2, 0.25) is 0 Å². The van der Waals surface area contributed by atoms with Crippen molar-refractivity contribution >= 4 is 39.4 Å². The van der Waals surface area contributed by atoms with Gasteiger partial charge in [0.05, 0.1) is 11.6 Å². The monoisotopic (exact) mass is 371 g/mol. The first-order valence-electron chi connectivity index (χ1n) is 8.53. The minimum absolute atomic E-state index is 0.0496. The lowest BCUT2D eigenvalue weighted by atomic mass is 9.97. The Morgan fingerprint density at radius 2 is 2.04 bits per heavy atom. The Morgan fingerprint density at radius 1 is 1.28 bits per heavy atom. The van der Waals surface area contributed by atoms with Crippen LogP contribution >= 0.6 is 22.9 Å². The number of thiophene rings is 1. The van der Waals surface area contributed by atoms with E-state index in [0.29, 0.717) is 17.3 Å². The summed E-state index contributed by atoms with van der Waals surface area (Å²) in [6, 6.07) is 7.37. The number of nitrogens with zero attached hydrogens (tertiary/aromatic N) is 3. The molecule has 0 amide bonds. The third kappa shape index (κ3) is 3.02. The molecule has 1 aliphatic carbocycles. The fourth-order valence-electron chi connectivity index (χ4n) is 3.26. The average Bonchev–Trinajstić information content (AvgIpc) is 3.00. The zero-order valence-corrected chi connectivity index (χ0v) is 15.5. The van der Waals surface area contributed by atoms with Crippen LogP contribution < -0.4 is 5.56 Å². The van der Waals surface area contributed by atoms with Gasteiger partial charge in [-0.15, -0.1) is 11.3 Å². The molecule has 0 spiro atoms. The fourth-order valence-corrected chi connectivity index (χ4v) is 4.66. The van der Waals surface area contributed by atoms with E-state index in [4.69, 9.17) is 16.6 Å². The first kappa shape index (κ1) is 16.5. The third-order valence-electron chi connectivity index (χ3n) is 4.54. The highest BCUT2D eigenvalue weighted by molar-refractivity contribution is 7.18. The molecule has 0 fully saturated rings. The number of halogens is 1.